The standard InChI is InChI=1S/C11H11NO2/c1-7(8(2)13)9-3-4-10-11(5-9)14-6-12-10/h3-7H,1-2H3. The van der Waals surface area contributed by atoms with Gasteiger partial charge in [-0.15, -0.1) is 0 Å². The van der Waals surface area contributed by atoms with Crippen LogP contribution in [0.4, 0.5) is 0 Å². The molecule has 3 nitrogen and oxygen atoms in total. The Morgan fingerprint density at radius 2 is 2.29 bits per heavy atom. The molecule has 0 N–H and O–H groups in total. The van der Waals surface area contributed by atoms with E-state index in [0.29, 0.717) is 0 Å². The summed E-state index contributed by atoms with van der Waals surface area (Å²) in [6.45, 7) is 3.48. The number of benzene rings is 1. The van der Waals surface area contributed by atoms with Gasteiger partial charge < -0.3 is 4.42 Å². The van der Waals surface area contributed by atoms with E-state index in [4.69, 9.17) is 4.42 Å². The molecule has 0 fully saturated rings. The van der Waals surface area contributed by atoms with Gasteiger partial charge in [0.15, 0.2) is 12.0 Å². The number of Topliss-reactive ketones (excluding diaryl/α,β-unsaturated/α-hetero) is 1. The molecule has 1 aromatic carbocycles. The lowest BCUT2D eigenvalue weighted by molar-refractivity contribution is -0.118. The second-order valence-corrected chi connectivity index (χ2v) is 3.41. The van der Waals surface area contributed by atoms with E-state index in [1.165, 1.54) is 6.39 Å². The summed E-state index contributed by atoms with van der Waals surface area (Å²) in [5, 5.41) is 0. The van der Waals surface area contributed by atoms with E-state index < -0.39 is 0 Å². The van der Waals surface area contributed by atoms with E-state index >= 15 is 0 Å². The zero-order valence-electron chi connectivity index (χ0n) is 8.15. The molecular weight excluding hydrogens is 178 g/mol. The fraction of sp³-hybridized carbons (Fsp3) is 0.273. The molecule has 1 aromatic heterocycles. The van der Waals surface area contributed by atoms with Crippen molar-refractivity contribution < 1.29 is 9.21 Å². The minimum atomic E-state index is -0.0792. The van der Waals surface area contributed by atoms with E-state index in [0.717, 1.165) is 16.7 Å². The SMILES string of the molecule is CC(=O)C(C)c1ccc2ncoc2c1. The summed E-state index contributed by atoms with van der Waals surface area (Å²) < 4.78 is 5.17. The number of carbonyl (C=O) groups excluding carboxylic acids is 1. The highest BCUT2D eigenvalue weighted by molar-refractivity contribution is 5.84. The second-order valence-electron chi connectivity index (χ2n) is 3.41. The Labute approximate surface area is 81.7 Å². The first-order valence-electron chi connectivity index (χ1n) is 4.52. The summed E-state index contributed by atoms with van der Waals surface area (Å²) in [5.74, 6) is 0.0772. The molecule has 3 heteroatoms. The van der Waals surface area contributed by atoms with Crippen LogP contribution in [-0.4, -0.2) is 10.8 Å². The normalized spacial score (nSPS) is 13.0. The molecule has 1 atom stereocenters. The van der Waals surface area contributed by atoms with Crippen LogP contribution in [0.1, 0.15) is 25.3 Å². The Bertz CT molecular complexity index is 473. The summed E-state index contributed by atoms with van der Waals surface area (Å²) in [7, 11) is 0. The number of aromatic nitrogens is 1. The van der Waals surface area contributed by atoms with Crippen molar-refractivity contribution in [3.63, 3.8) is 0 Å². The number of hydrogen-bond donors (Lipinski definition) is 0. The molecule has 1 unspecified atom stereocenters. The molecule has 0 amide bonds. The van der Waals surface area contributed by atoms with Crippen molar-refractivity contribution in [1.29, 1.82) is 0 Å². The lowest BCUT2D eigenvalue weighted by atomic mass is 9.97. The average molecular weight is 189 g/mol. The maximum atomic E-state index is 11.2. The maximum Gasteiger partial charge on any atom is 0.181 e. The number of oxazole rings is 1. The summed E-state index contributed by atoms with van der Waals surface area (Å²) in [6.07, 6.45) is 1.41. The smallest absolute Gasteiger partial charge is 0.181 e. The van der Waals surface area contributed by atoms with Gasteiger partial charge in [-0.25, -0.2) is 4.98 Å². The van der Waals surface area contributed by atoms with Crippen LogP contribution in [0.3, 0.4) is 0 Å². The number of rotatable bonds is 2. The van der Waals surface area contributed by atoms with Gasteiger partial charge in [0.1, 0.15) is 11.3 Å². The van der Waals surface area contributed by atoms with Gasteiger partial charge in [0.2, 0.25) is 0 Å². The van der Waals surface area contributed by atoms with Crippen molar-refractivity contribution in [3.8, 4) is 0 Å². The Hall–Kier alpha value is -1.64. The molecule has 0 spiro atoms. The first kappa shape index (κ1) is 8.94. The molecule has 0 saturated carbocycles. The van der Waals surface area contributed by atoms with Gasteiger partial charge in [-0.1, -0.05) is 13.0 Å². The van der Waals surface area contributed by atoms with Crippen LogP contribution >= 0.6 is 0 Å². The van der Waals surface area contributed by atoms with Crippen molar-refractivity contribution in [2.45, 2.75) is 19.8 Å². The molecule has 0 radical (unpaired) electrons. The highest BCUT2D eigenvalue weighted by Gasteiger charge is 2.11. The quantitative estimate of drug-likeness (QED) is 0.729. The molecule has 0 bridgehead atoms. The van der Waals surface area contributed by atoms with Crippen molar-refractivity contribution in [1.82, 2.24) is 4.98 Å². The first-order chi connectivity index (χ1) is 6.68. The van der Waals surface area contributed by atoms with Gasteiger partial charge in [0.05, 0.1) is 0 Å². The predicted octanol–water partition coefficient (Wildman–Crippen LogP) is 2.52. The molecule has 2 rings (SSSR count). The van der Waals surface area contributed by atoms with E-state index in [1.54, 1.807) is 6.92 Å². The number of nitrogens with zero attached hydrogens (tertiary/aromatic N) is 1. The van der Waals surface area contributed by atoms with Gasteiger partial charge in [-0.05, 0) is 24.6 Å². The molecule has 0 aliphatic carbocycles. The fourth-order valence-corrected chi connectivity index (χ4v) is 1.38. The minimum Gasteiger partial charge on any atom is -0.443 e. The third-order valence-electron chi connectivity index (χ3n) is 2.47. The van der Waals surface area contributed by atoms with Crippen LogP contribution in [-0.2, 0) is 4.79 Å². The van der Waals surface area contributed by atoms with Crippen molar-refractivity contribution >= 4 is 16.9 Å². The van der Waals surface area contributed by atoms with Crippen LogP contribution in [0, 0.1) is 0 Å². The third-order valence-corrected chi connectivity index (χ3v) is 2.47. The van der Waals surface area contributed by atoms with Crippen molar-refractivity contribution in [2.24, 2.45) is 0 Å². The zero-order valence-corrected chi connectivity index (χ0v) is 8.15. The number of hydrogen-bond acceptors (Lipinski definition) is 3. The number of ketones is 1. The van der Waals surface area contributed by atoms with Crippen LogP contribution in [0.2, 0.25) is 0 Å². The van der Waals surface area contributed by atoms with E-state index in [9.17, 15) is 4.79 Å². The molecular formula is C11H11NO2. The van der Waals surface area contributed by atoms with Crippen molar-refractivity contribution in [2.75, 3.05) is 0 Å². The Balaban J connectivity index is 2.48. The number of carbonyl (C=O) groups is 1. The number of fused-ring (bicyclic) bond motifs is 1. The third kappa shape index (κ3) is 1.41. The van der Waals surface area contributed by atoms with Gasteiger partial charge >= 0.3 is 0 Å². The second kappa shape index (κ2) is 3.25. The van der Waals surface area contributed by atoms with E-state index in [-0.39, 0.29) is 11.7 Å². The van der Waals surface area contributed by atoms with Gasteiger partial charge in [0.25, 0.3) is 0 Å². The maximum absolute atomic E-state index is 11.2. The van der Waals surface area contributed by atoms with Gasteiger partial charge in [-0.2, -0.15) is 0 Å². The summed E-state index contributed by atoms with van der Waals surface area (Å²) >= 11 is 0. The lowest BCUT2D eigenvalue weighted by Crippen LogP contribution is -2.03. The molecule has 72 valence electrons. The van der Waals surface area contributed by atoms with Crippen LogP contribution in [0.25, 0.3) is 11.1 Å². The minimum absolute atomic E-state index is 0.0792. The Morgan fingerprint density at radius 1 is 1.50 bits per heavy atom. The zero-order chi connectivity index (χ0) is 10.1. The summed E-state index contributed by atoms with van der Waals surface area (Å²) in [4.78, 5) is 15.2. The molecule has 0 aliphatic heterocycles. The monoisotopic (exact) mass is 189 g/mol. The Kier molecular flexibility index (Phi) is 2.08. The lowest BCUT2D eigenvalue weighted by Gasteiger charge is -2.06. The summed E-state index contributed by atoms with van der Waals surface area (Å²) in [5.41, 5.74) is 2.53. The van der Waals surface area contributed by atoms with Gasteiger partial charge in [-0.3, -0.25) is 4.79 Å². The predicted molar refractivity (Wildman–Crippen MR) is 53.1 cm³/mol. The summed E-state index contributed by atoms with van der Waals surface area (Å²) in [6, 6.07) is 5.65. The van der Waals surface area contributed by atoms with Gasteiger partial charge in [0, 0.05) is 5.92 Å². The first-order valence-corrected chi connectivity index (χ1v) is 4.52. The molecule has 2 aromatic rings. The Morgan fingerprint density at radius 3 is 3.00 bits per heavy atom. The molecule has 0 aliphatic rings. The molecule has 0 saturated heterocycles. The molecule has 1 heterocycles. The van der Waals surface area contributed by atoms with Crippen molar-refractivity contribution in [3.05, 3.63) is 30.2 Å². The fourth-order valence-electron chi connectivity index (χ4n) is 1.38. The van der Waals surface area contributed by atoms with E-state index in [2.05, 4.69) is 4.98 Å². The average Bonchev–Trinajstić information content (AvgIpc) is 2.62. The topological polar surface area (TPSA) is 43.1 Å². The highest BCUT2D eigenvalue weighted by Crippen LogP contribution is 2.21. The highest BCUT2D eigenvalue weighted by atomic mass is 16.3. The largest absolute Gasteiger partial charge is 0.443 e. The van der Waals surface area contributed by atoms with Crippen LogP contribution in [0.5, 0.6) is 0 Å². The van der Waals surface area contributed by atoms with Crippen LogP contribution in [0.15, 0.2) is 29.0 Å². The van der Waals surface area contributed by atoms with E-state index in [1.807, 2.05) is 25.1 Å². The molecule has 14 heavy (non-hydrogen) atoms. The van der Waals surface area contributed by atoms with Crippen LogP contribution < -0.4 is 0 Å².